The Bertz CT molecular complexity index is 531. The maximum Gasteiger partial charge on any atom is 0.326 e. The van der Waals surface area contributed by atoms with E-state index >= 15 is 0 Å². The lowest BCUT2D eigenvalue weighted by molar-refractivity contribution is -0.145. The van der Waals surface area contributed by atoms with Gasteiger partial charge in [0.2, 0.25) is 5.91 Å². The topological polar surface area (TPSA) is 75.6 Å². The number of hydrogen-bond acceptors (Lipinski definition) is 4. The summed E-state index contributed by atoms with van der Waals surface area (Å²) in [6.07, 6.45) is 1.86. The molecule has 23 heavy (non-hydrogen) atoms. The molecule has 0 radical (unpaired) electrons. The van der Waals surface area contributed by atoms with Crippen LogP contribution in [0.2, 0.25) is 5.02 Å². The summed E-state index contributed by atoms with van der Waals surface area (Å²) < 4.78 is 5.31. The molecule has 1 amide bonds. The summed E-state index contributed by atoms with van der Waals surface area (Å²) >= 11 is 7.35. The molecule has 1 fully saturated rings. The van der Waals surface area contributed by atoms with E-state index in [1.807, 2.05) is 12.1 Å². The van der Waals surface area contributed by atoms with Crippen molar-refractivity contribution in [2.75, 3.05) is 19.0 Å². The molecule has 2 unspecified atom stereocenters. The molecule has 1 saturated heterocycles. The van der Waals surface area contributed by atoms with Crippen LogP contribution in [0.15, 0.2) is 29.2 Å². The zero-order valence-electron chi connectivity index (χ0n) is 12.7. The van der Waals surface area contributed by atoms with Crippen LogP contribution in [0.25, 0.3) is 0 Å². The first-order valence-corrected chi connectivity index (χ1v) is 8.91. The predicted octanol–water partition coefficient (Wildman–Crippen LogP) is 2.82. The number of carbonyl (C=O) groups excluding carboxylic acids is 1. The fraction of sp³-hybridized carbons (Fsp3) is 0.500. The standard InChI is InChI=1S/C16H20ClNO4S/c17-12-3-5-13(6-4-12)23-9-7-14(19)18-15(16(20)21)11-2-1-8-22-10-11/h3-6,11,15H,1-2,7-10H2,(H,18,19)(H,20,21). The molecule has 5 nitrogen and oxygen atoms in total. The summed E-state index contributed by atoms with van der Waals surface area (Å²) in [5.74, 6) is -0.821. The Morgan fingerprint density at radius 2 is 2.13 bits per heavy atom. The Morgan fingerprint density at radius 1 is 1.39 bits per heavy atom. The van der Waals surface area contributed by atoms with Crippen molar-refractivity contribution in [2.45, 2.75) is 30.2 Å². The number of halogens is 1. The molecule has 1 heterocycles. The average Bonchev–Trinajstić information content (AvgIpc) is 2.55. The van der Waals surface area contributed by atoms with E-state index in [2.05, 4.69) is 5.32 Å². The van der Waals surface area contributed by atoms with Crippen LogP contribution < -0.4 is 5.32 Å². The van der Waals surface area contributed by atoms with E-state index in [1.165, 1.54) is 11.8 Å². The molecule has 2 rings (SSSR count). The van der Waals surface area contributed by atoms with Crippen LogP contribution in [0.3, 0.4) is 0 Å². The van der Waals surface area contributed by atoms with Crippen molar-refractivity contribution in [3.8, 4) is 0 Å². The van der Waals surface area contributed by atoms with Gasteiger partial charge in [0.25, 0.3) is 0 Å². The Morgan fingerprint density at radius 3 is 2.74 bits per heavy atom. The molecule has 1 aromatic rings. The van der Waals surface area contributed by atoms with Gasteiger partial charge in [-0.05, 0) is 37.1 Å². The molecule has 0 aliphatic carbocycles. The van der Waals surface area contributed by atoms with Crippen LogP contribution in [-0.4, -0.2) is 42.0 Å². The summed E-state index contributed by atoms with van der Waals surface area (Å²) in [5.41, 5.74) is 0. The van der Waals surface area contributed by atoms with Crippen LogP contribution >= 0.6 is 23.4 Å². The van der Waals surface area contributed by atoms with Crippen molar-refractivity contribution in [2.24, 2.45) is 5.92 Å². The van der Waals surface area contributed by atoms with Gasteiger partial charge in [0, 0.05) is 34.6 Å². The first-order chi connectivity index (χ1) is 11.1. The third-order valence-electron chi connectivity index (χ3n) is 3.66. The zero-order valence-corrected chi connectivity index (χ0v) is 14.2. The SMILES string of the molecule is O=C(CCSc1ccc(Cl)cc1)NC(C(=O)O)C1CCCOC1. The van der Waals surface area contributed by atoms with Gasteiger partial charge in [-0.2, -0.15) is 0 Å². The van der Waals surface area contributed by atoms with E-state index in [9.17, 15) is 14.7 Å². The zero-order chi connectivity index (χ0) is 16.7. The molecule has 1 aliphatic rings. The molecule has 0 saturated carbocycles. The number of amides is 1. The first kappa shape index (κ1) is 18.1. The molecule has 0 spiro atoms. The van der Waals surface area contributed by atoms with Gasteiger partial charge in [0.1, 0.15) is 6.04 Å². The molecule has 0 aromatic heterocycles. The number of carboxylic acid groups (broad SMARTS) is 1. The summed E-state index contributed by atoms with van der Waals surface area (Å²) in [6, 6.07) is 6.51. The lowest BCUT2D eigenvalue weighted by atomic mass is 9.93. The number of carbonyl (C=O) groups is 2. The van der Waals surface area contributed by atoms with Gasteiger partial charge in [-0.25, -0.2) is 4.79 Å². The summed E-state index contributed by atoms with van der Waals surface area (Å²) in [4.78, 5) is 24.4. The monoisotopic (exact) mass is 357 g/mol. The fourth-order valence-electron chi connectivity index (χ4n) is 2.45. The van der Waals surface area contributed by atoms with Gasteiger partial charge in [0.15, 0.2) is 0 Å². The predicted molar refractivity (Wildman–Crippen MR) is 89.9 cm³/mol. The molecule has 1 aromatic carbocycles. The van der Waals surface area contributed by atoms with Crippen molar-refractivity contribution >= 4 is 35.2 Å². The Balaban J connectivity index is 1.77. The van der Waals surface area contributed by atoms with E-state index < -0.39 is 12.0 Å². The second kappa shape index (κ2) is 9.15. The van der Waals surface area contributed by atoms with Crippen LogP contribution in [0.1, 0.15) is 19.3 Å². The maximum absolute atomic E-state index is 12.0. The molecule has 0 bridgehead atoms. The highest BCUT2D eigenvalue weighted by molar-refractivity contribution is 7.99. The second-order valence-corrected chi connectivity index (χ2v) is 7.02. The number of ether oxygens (including phenoxy) is 1. The van der Waals surface area contributed by atoms with Crippen LogP contribution in [-0.2, 0) is 14.3 Å². The Hall–Kier alpha value is -1.24. The number of hydrogen-bond donors (Lipinski definition) is 2. The first-order valence-electron chi connectivity index (χ1n) is 7.54. The maximum atomic E-state index is 12.0. The number of nitrogens with one attached hydrogen (secondary N) is 1. The van der Waals surface area contributed by atoms with Gasteiger partial charge < -0.3 is 15.2 Å². The van der Waals surface area contributed by atoms with E-state index in [-0.39, 0.29) is 18.2 Å². The van der Waals surface area contributed by atoms with Gasteiger partial charge >= 0.3 is 5.97 Å². The molecular weight excluding hydrogens is 338 g/mol. The van der Waals surface area contributed by atoms with Crippen molar-refractivity contribution in [1.82, 2.24) is 5.32 Å². The Labute approximate surface area is 144 Å². The number of benzene rings is 1. The van der Waals surface area contributed by atoms with Crippen molar-refractivity contribution in [3.05, 3.63) is 29.3 Å². The van der Waals surface area contributed by atoms with Gasteiger partial charge in [-0.1, -0.05) is 11.6 Å². The molecule has 1 aliphatic heterocycles. The highest BCUT2D eigenvalue weighted by Crippen LogP contribution is 2.21. The van der Waals surface area contributed by atoms with E-state index in [1.54, 1.807) is 12.1 Å². The molecule has 2 N–H and O–H groups in total. The molecule has 7 heteroatoms. The summed E-state index contributed by atoms with van der Waals surface area (Å²) in [6.45, 7) is 1.05. The largest absolute Gasteiger partial charge is 0.480 e. The average molecular weight is 358 g/mol. The minimum Gasteiger partial charge on any atom is -0.480 e. The summed E-state index contributed by atoms with van der Waals surface area (Å²) in [5, 5.41) is 12.6. The van der Waals surface area contributed by atoms with E-state index in [0.29, 0.717) is 24.0 Å². The third kappa shape index (κ3) is 6.05. The van der Waals surface area contributed by atoms with Gasteiger partial charge in [-0.15, -0.1) is 11.8 Å². The van der Waals surface area contributed by atoms with Crippen LogP contribution in [0.5, 0.6) is 0 Å². The summed E-state index contributed by atoms with van der Waals surface area (Å²) in [7, 11) is 0. The molecule has 126 valence electrons. The number of carboxylic acids is 1. The lowest BCUT2D eigenvalue weighted by Crippen LogP contribution is -2.48. The van der Waals surface area contributed by atoms with Gasteiger partial charge in [0.05, 0.1) is 6.61 Å². The molecule has 2 atom stereocenters. The van der Waals surface area contributed by atoms with E-state index in [0.717, 1.165) is 17.7 Å². The van der Waals surface area contributed by atoms with Crippen molar-refractivity contribution in [3.63, 3.8) is 0 Å². The minimum absolute atomic E-state index is 0.158. The minimum atomic E-state index is -1.00. The number of rotatable bonds is 7. The van der Waals surface area contributed by atoms with Gasteiger partial charge in [-0.3, -0.25) is 4.79 Å². The number of aliphatic carboxylic acids is 1. The fourth-order valence-corrected chi connectivity index (χ4v) is 3.43. The normalized spacial score (nSPS) is 19.1. The van der Waals surface area contributed by atoms with E-state index in [4.69, 9.17) is 16.3 Å². The highest BCUT2D eigenvalue weighted by Gasteiger charge is 2.31. The highest BCUT2D eigenvalue weighted by atomic mass is 35.5. The second-order valence-electron chi connectivity index (χ2n) is 5.41. The van der Waals surface area contributed by atoms with Crippen LogP contribution in [0.4, 0.5) is 0 Å². The smallest absolute Gasteiger partial charge is 0.326 e. The number of thioether (sulfide) groups is 1. The lowest BCUT2D eigenvalue weighted by Gasteiger charge is -2.28. The van der Waals surface area contributed by atoms with Crippen molar-refractivity contribution in [1.29, 1.82) is 0 Å². The quantitative estimate of drug-likeness (QED) is 0.734. The Kier molecular flexibility index (Phi) is 7.20. The molecular formula is C16H20ClNO4S. The third-order valence-corrected chi connectivity index (χ3v) is 4.93. The van der Waals surface area contributed by atoms with Crippen molar-refractivity contribution < 1.29 is 19.4 Å². The van der Waals surface area contributed by atoms with Crippen LogP contribution in [0, 0.1) is 5.92 Å².